The first-order chi connectivity index (χ1) is 11.1. The quantitative estimate of drug-likeness (QED) is 0.604. The minimum atomic E-state index is -0.160. The van der Waals surface area contributed by atoms with Crippen LogP contribution < -0.4 is 5.32 Å². The van der Waals surface area contributed by atoms with Crippen molar-refractivity contribution in [3.05, 3.63) is 69.3 Å². The molecule has 3 nitrogen and oxygen atoms in total. The molecule has 1 aromatic heterocycles. The predicted molar refractivity (Wildman–Crippen MR) is 98.2 cm³/mol. The van der Waals surface area contributed by atoms with E-state index in [1.165, 1.54) is 0 Å². The van der Waals surface area contributed by atoms with Crippen LogP contribution in [0.4, 0.5) is 5.69 Å². The van der Waals surface area contributed by atoms with Gasteiger partial charge in [0.25, 0.3) is 5.91 Å². The third-order valence-electron chi connectivity index (χ3n) is 3.63. The lowest BCUT2D eigenvalue weighted by Crippen LogP contribution is -2.13. The zero-order valence-corrected chi connectivity index (χ0v) is 14.8. The lowest BCUT2D eigenvalue weighted by atomic mass is 10.1. The van der Waals surface area contributed by atoms with Gasteiger partial charge < -0.3 is 5.32 Å². The van der Waals surface area contributed by atoms with Gasteiger partial charge in [-0.25, -0.2) is 4.98 Å². The van der Waals surface area contributed by atoms with Crippen LogP contribution in [0.25, 0.3) is 10.9 Å². The van der Waals surface area contributed by atoms with E-state index in [1.807, 2.05) is 30.3 Å². The molecule has 0 aliphatic carbocycles. The van der Waals surface area contributed by atoms with Crippen molar-refractivity contribution in [1.82, 2.24) is 4.98 Å². The summed E-state index contributed by atoms with van der Waals surface area (Å²) in [6.45, 7) is 2.06. The van der Waals surface area contributed by atoms with Crippen LogP contribution >= 0.6 is 27.5 Å². The van der Waals surface area contributed by atoms with Crippen molar-refractivity contribution in [3.8, 4) is 0 Å². The number of pyridine rings is 1. The second-order valence-corrected chi connectivity index (χ2v) is 6.34. The SMILES string of the molecule is CCc1cc(Br)c(NC(=O)c2ccccc2)c2ccc(Cl)nc12. The Morgan fingerprint density at radius 1 is 1.22 bits per heavy atom. The minimum absolute atomic E-state index is 0.160. The van der Waals surface area contributed by atoms with Crippen LogP contribution in [0, 0.1) is 0 Å². The van der Waals surface area contributed by atoms with Gasteiger partial charge in [-0.1, -0.05) is 36.7 Å². The number of benzene rings is 2. The Hall–Kier alpha value is -1.91. The van der Waals surface area contributed by atoms with Crippen LogP contribution in [0.15, 0.2) is 53.0 Å². The van der Waals surface area contributed by atoms with Gasteiger partial charge in [0, 0.05) is 15.4 Å². The van der Waals surface area contributed by atoms with Gasteiger partial charge >= 0.3 is 0 Å². The van der Waals surface area contributed by atoms with E-state index < -0.39 is 0 Å². The summed E-state index contributed by atoms with van der Waals surface area (Å²) >= 11 is 9.58. The summed E-state index contributed by atoms with van der Waals surface area (Å²) in [6, 6.07) is 14.7. The van der Waals surface area contributed by atoms with E-state index in [2.05, 4.69) is 33.2 Å². The molecule has 5 heteroatoms. The summed E-state index contributed by atoms with van der Waals surface area (Å²) in [5.74, 6) is -0.160. The second-order valence-electron chi connectivity index (χ2n) is 5.10. The van der Waals surface area contributed by atoms with Gasteiger partial charge in [-0.05, 0) is 58.2 Å². The lowest BCUT2D eigenvalue weighted by molar-refractivity contribution is 0.102. The molecule has 1 heterocycles. The summed E-state index contributed by atoms with van der Waals surface area (Å²) in [4.78, 5) is 16.9. The van der Waals surface area contributed by atoms with Crippen molar-refractivity contribution in [1.29, 1.82) is 0 Å². The Kier molecular flexibility index (Phi) is 4.64. The Labute approximate surface area is 147 Å². The van der Waals surface area contributed by atoms with Crippen molar-refractivity contribution in [2.75, 3.05) is 5.32 Å². The fraction of sp³-hybridized carbons (Fsp3) is 0.111. The van der Waals surface area contributed by atoms with E-state index in [1.54, 1.807) is 18.2 Å². The number of anilines is 1. The number of fused-ring (bicyclic) bond motifs is 1. The van der Waals surface area contributed by atoms with E-state index in [9.17, 15) is 4.79 Å². The molecule has 0 fully saturated rings. The maximum Gasteiger partial charge on any atom is 0.255 e. The minimum Gasteiger partial charge on any atom is -0.320 e. The number of carbonyl (C=O) groups is 1. The highest BCUT2D eigenvalue weighted by molar-refractivity contribution is 9.10. The maximum absolute atomic E-state index is 12.5. The largest absolute Gasteiger partial charge is 0.320 e. The van der Waals surface area contributed by atoms with Gasteiger partial charge in [-0.15, -0.1) is 0 Å². The number of hydrogen-bond donors (Lipinski definition) is 1. The molecule has 0 atom stereocenters. The van der Waals surface area contributed by atoms with Gasteiger partial charge in [0.05, 0.1) is 11.2 Å². The van der Waals surface area contributed by atoms with Crippen LogP contribution in [-0.4, -0.2) is 10.9 Å². The normalized spacial score (nSPS) is 10.7. The standard InChI is InChI=1S/C18H14BrClN2O/c1-2-11-10-14(19)17(13-8-9-15(20)21-16(11)13)22-18(23)12-6-4-3-5-7-12/h3-10H,2H2,1H3,(H,22,23). The first kappa shape index (κ1) is 16.0. The van der Waals surface area contributed by atoms with Crippen molar-refractivity contribution in [3.63, 3.8) is 0 Å². The number of halogens is 2. The van der Waals surface area contributed by atoms with E-state index >= 15 is 0 Å². The molecule has 1 N–H and O–H groups in total. The summed E-state index contributed by atoms with van der Waals surface area (Å²) in [5, 5.41) is 4.28. The van der Waals surface area contributed by atoms with Gasteiger partial charge in [0.1, 0.15) is 5.15 Å². The molecule has 1 amide bonds. The van der Waals surface area contributed by atoms with Crippen molar-refractivity contribution < 1.29 is 4.79 Å². The fourth-order valence-electron chi connectivity index (χ4n) is 2.48. The third-order valence-corrected chi connectivity index (χ3v) is 4.47. The van der Waals surface area contributed by atoms with Gasteiger partial charge in [-0.3, -0.25) is 4.79 Å². The Balaban J connectivity index is 2.10. The summed E-state index contributed by atoms with van der Waals surface area (Å²) in [7, 11) is 0. The summed E-state index contributed by atoms with van der Waals surface area (Å²) in [6.07, 6.45) is 0.829. The molecule has 0 saturated heterocycles. The van der Waals surface area contributed by atoms with Crippen LogP contribution in [0.1, 0.15) is 22.8 Å². The first-order valence-electron chi connectivity index (χ1n) is 7.24. The number of nitrogens with one attached hydrogen (secondary N) is 1. The maximum atomic E-state index is 12.5. The zero-order chi connectivity index (χ0) is 16.4. The number of carbonyl (C=O) groups excluding carboxylic acids is 1. The Morgan fingerprint density at radius 2 is 1.96 bits per heavy atom. The molecule has 0 radical (unpaired) electrons. The van der Waals surface area contributed by atoms with E-state index in [0.29, 0.717) is 16.4 Å². The topological polar surface area (TPSA) is 42.0 Å². The average molecular weight is 390 g/mol. The summed E-state index contributed by atoms with van der Waals surface area (Å²) < 4.78 is 0.829. The molecule has 3 aromatic rings. The molecule has 0 saturated carbocycles. The van der Waals surface area contributed by atoms with Crippen LogP contribution in [-0.2, 0) is 6.42 Å². The van der Waals surface area contributed by atoms with E-state index in [-0.39, 0.29) is 5.91 Å². The molecule has 0 aliphatic heterocycles. The van der Waals surface area contributed by atoms with Crippen molar-refractivity contribution in [2.24, 2.45) is 0 Å². The first-order valence-corrected chi connectivity index (χ1v) is 8.41. The third kappa shape index (κ3) is 3.23. The van der Waals surface area contributed by atoms with E-state index in [4.69, 9.17) is 11.6 Å². The summed E-state index contributed by atoms with van der Waals surface area (Å²) in [5.41, 5.74) is 3.20. The zero-order valence-electron chi connectivity index (χ0n) is 12.4. The van der Waals surface area contributed by atoms with Crippen molar-refractivity contribution in [2.45, 2.75) is 13.3 Å². The van der Waals surface area contributed by atoms with Crippen LogP contribution in [0.5, 0.6) is 0 Å². The number of aromatic nitrogens is 1. The number of rotatable bonds is 3. The Morgan fingerprint density at radius 3 is 2.65 bits per heavy atom. The molecule has 0 spiro atoms. The average Bonchev–Trinajstić information content (AvgIpc) is 2.57. The molecule has 116 valence electrons. The number of nitrogens with zero attached hydrogens (tertiary/aromatic N) is 1. The van der Waals surface area contributed by atoms with Gasteiger partial charge in [0.15, 0.2) is 0 Å². The molecular formula is C18H14BrClN2O. The Bertz CT molecular complexity index is 881. The van der Waals surface area contributed by atoms with Crippen LogP contribution in [0.3, 0.4) is 0 Å². The highest BCUT2D eigenvalue weighted by atomic mass is 79.9. The molecule has 23 heavy (non-hydrogen) atoms. The molecule has 2 aromatic carbocycles. The predicted octanol–water partition coefficient (Wildman–Crippen LogP) is 5.47. The van der Waals surface area contributed by atoms with Crippen molar-refractivity contribution >= 4 is 50.0 Å². The molecular weight excluding hydrogens is 376 g/mol. The second kappa shape index (κ2) is 6.69. The number of amides is 1. The monoisotopic (exact) mass is 388 g/mol. The molecule has 0 aliphatic rings. The highest BCUT2D eigenvalue weighted by Crippen LogP contribution is 2.34. The number of aryl methyl sites for hydroxylation is 1. The van der Waals surface area contributed by atoms with Gasteiger partial charge in [-0.2, -0.15) is 0 Å². The van der Waals surface area contributed by atoms with Crippen LogP contribution in [0.2, 0.25) is 5.15 Å². The van der Waals surface area contributed by atoms with Gasteiger partial charge in [0.2, 0.25) is 0 Å². The lowest BCUT2D eigenvalue weighted by Gasteiger charge is -2.14. The molecule has 0 unspecified atom stereocenters. The molecule has 3 rings (SSSR count). The highest BCUT2D eigenvalue weighted by Gasteiger charge is 2.15. The van der Waals surface area contributed by atoms with E-state index in [0.717, 1.165) is 27.4 Å². The fourth-order valence-corrected chi connectivity index (χ4v) is 3.21. The smallest absolute Gasteiger partial charge is 0.255 e. The molecule has 0 bridgehead atoms. The number of hydrogen-bond acceptors (Lipinski definition) is 2.